The van der Waals surface area contributed by atoms with E-state index in [-0.39, 0.29) is 0 Å². The Balaban J connectivity index is 2.89. The molecule has 0 heterocycles. The zero-order valence-corrected chi connectivity index (χ0v) is 13.6. The number of allylic oxidation sites excluding steroid dienone is 2. The van der Waals surface area contributed by atoms with Crippen LogP contribution in [0.4, 0.5) is 0 Å². The Morgan fingerprint density at radius 1 is 1.45 bits per heavy atom. The first-order valence-electron chi connectivity index (χ1n) is 6.83. The van der Waals surface area contributed by atoms with Gasteiger partial charge in [-0.2, -0.15) is 4.72 Å². The maximum atomic E-state index is 11.6. The Morgan fingerprint density at radius 3 is 2.50 bits per heavy atom. The second-order valence-corrected chi connectivity index (χ2v) is 7.94. The standard InChI is InChI=1S/C14H26N2O3S/c1-13(2,3)19-14(16-20(4,17)18)9-7-12(8-10-14)6-5-11-15/h7-9,16H,5-6,10-11,15H2,1-4H3. The van der Waals surface area contributed by atoms with Gasteiger partial charge in [-0.05, 0) is 46.2 Å². The van der Waals surface area contributed by atoms with Crippen LogP contribution in [0.1, 0.15) is 40.0 Å². The first-order valence-corrected chi connectivity index (χ1v) is 8.72. The van der Waals surface area contributed by atoms with E-state index in [9.17, 15) is 8.42 Å². The lowest BCUT2D eigenvalue weighted by atomic mass is 9.96. The highest BCUT2D eigenvalue weighted by Crippen LogP contribution is 2.29. The van der Waals surface area contributed by atoms with Crippen LogP contribution in [0.5, 0.6) is 0 Å². The molecular weight excluding hydrogens is 276 g/mol. The third kappa shape index (κ3) is 6.17. The first-order chi connectivity index (χ1) is 9.05. The number of hydrogen-bond acceptors (Lipinski definition) is 4. The van der Waals surface area contributed by atoms with E-state index in [1.807, 2.05) is 32.9 Å². The summed E-state index contributed by atoms with van der Waals surface area (Å²) in [6.07, 6.45) is 9.17. The van der Waals surface area contributed by atoms with Gasteiger partial charge in [-0.25, -0.2) is 8.42 Å². The molecule has 1 rings (SSSR count). The lowest BCUT2D eigenvalue weighted by molar-refractivity contribution is -0.110. The first kappa shape index (κ1) is 17.4. The summed E-state index contributed by atoms with van der Waals surface area (Å²) in [4.78, 5) is 0. The van der Waals surface area contributed by atoms with Crippen LogP contribution in [0.15, 0.2) is 23.8 Å². The fourth-order valence-electron chi connectivity index (χ4n) is 2.18. The largest absolute Gasteiger partial charge is 0.350 e. The van der Waals surface area contributed by atoms with Crippen molar-refractivity contribution in [3.05, 3.63) is 23.8 Å². The SMILES string of the molecule is CC(C)(C)OC1(NS(C)(=O)=O)C=CC(CCCN)=CC1. The van der Waals surface area contributed by atoms with Gasteiger partial charge in [0.05, 0.1) is 11.9 Å². The Kier molecular flexibility index (Phi) is 5.54. The molecule has 0 aromatic rings. The molecule has 0 spiro atoms. The molecule has 116 valence electrons. The van der Waals surface area contributed by atoms with Crippen molar-refractivity contribution in [3.8, 4) is 0 Å². The van der Waals surface area contributed by atoms with Crippen LogP contribution in [0, 0.1) is 0 Å². The monoisotopic (exact) mass is 302 g/mol. The maximum Gasteiger partial charge on any atom is 0.211 e. The lowest BCUT2D eigenvalue weighted by Gasteiger charge is -2.38. The molecule has 0 aromatic carbocycles. The fraction of sp³-hybridized carbons (Fsp3) is 0.714. The highest BCUT2D eigenvalue weighted by Gasteiger charge is 2.36. The van der Waals surface area contributed by atoms with Crippen LogP contribution in [-0.4, -0.2) is 32.5 Å². The molecule has 1 aliphatic rings. The lowest BCUT2D eigenvalue weighted by Crippen LogP contribution is -2.52. The minimum atomic E-state index is -3.36. The van der Waals surface area contributed by atoms with E-state index >= 15 is 0 Å². The number of ether oxygens (including phenoxy) is 1. The summed E-state index contributed by atoms with van der Waals surface area (Å²) >= 11 is 0. The molecule has 0 saturated heterocycles. The highest BCUT2D eigenvalue weighted by molar-refractivity contribution is 7.88. The molecule has 20 heavy (non-hydrogen) atoms. The van der Waals surface area contributed by atoms with Gasteiger partial charge in [-0.15, -0.1) is 0 Å². The van der Waals surface area contributed by atoms with Gasteiger partial charge in [0, 0.05) is 6.42 Å². The van der Waals surface area contributed by atoms with Gasteiger partial charge in [0.1, 0.15) is 0 Å². The maximum absolute atomic E-state index is 11.6. The summed E-state index contributed by atoms with van der Waals surface area (Å²) in [5.74, 6) is 0. The number of rotatable bonds is 6. The van der Waals surface area contributed by atoms with E-state index in [1.165, 1.54) is 5.57 Å². The topological polar surface area (TPSA) is 81.4 Å². The molecule has 0 bridgehead atoms. The van der Waals surface area contributed by atoms with E-state index in [4.69, 9.17) is 10.5 Å². The molecule has 0 aromatic heterocycles. The summed E-state index contributed by atoms with van der Waals surface area (Å²) in [7, 11) is -3.36. The van der Waals surface area contributed by atoms with Gasteiger partial charge in [-0.1, -0.05) is 17.7 Å². The van der Waals surface area contributed by atoms with E-state index in [0.29, 0.717) is 13.0 Å². The van der Waals surface area contributed by atoms with E-state index < -0.39 is 21.3 Å². The van der Waals surface area contributed by atoms with Crippen molar-refractivity contribution < 1.29 is 13.2 Å². The molecule has 0 saturated carbocycles. The third-order valence-electron chi connectivity index (χ3n) is 2.75. The highest BCUT2D eigenvalue weighted by atomic mass is 32.2. The van der Waals surface area contributed by atoms with Crippen LogP contribution < -0.4 is 10.5 Å². The average molecular weight is 302 g/mol. The van der Waals surface area contributed by atoms with Crippen LogP contribution in [-0.2, 0) is 14.8 Å². The second kappa shape index (κ2) is 6.39. The minimum absolute atomic E-state index is 0.454. The molecule has 1 unspecified atom stereocenters. The molecule has 0 amide bonds. The Bertz CT molecular complexity index is 489. The molecule has 3 N–H and O–H groups in total. The van der Waals surface area contributed by atoms with Crippen molar-refractivity contribution in [2.45, 2.75) is 51.4 Å². The predicted octanol–water partition coefficient (Wildman–Crippen LogP) is 1.67. The molecule has 0 fully saturated rings. The number of hydrogen-bond donors (Lipinski definition) is 2. The fourth-order valence-corrected chi connectivity index (χ4v) is 3.01. The van der Waals surface area contributed by atoms with Crippen molar-refractivity contribution in [2.24, 2.45) is 5.73 Å². The molecule has 5 nitrogen and oxygen atoms in total. The summed E-state index contributed by atoms with van der Waals surface area (Å²) in [6, 6.07) is 0. The van der Waals surface area contributed by atoms with Crippen molar-refractivity contribution in [3.63, 3.8) is 0 Å². The molecule has 1 atom stereocenters. The van der Waals surface area contributed by atoms with Gasteiger partial charge in [0.2, 0.25) is 10.0 Å². The van der Waals surface area contributed by atoms with E-state index in [1.54, 1.807) is 6.08 Å². The molecule has 1 aliphatic carbocycles. The van der Waals surface area contributed by atoms with Crippen LogP contribution in [0.2, 0.25) is 0 Å². The second-order valence-electron chi connectivity index (χ2n) is 6.19. The Labute approximate surface area is 122 Å². The molecular formula is C14H26N2O3S. The normalized spacial score (nSPS) is 23.8. The van der Waals surface area contributed by atoms with Gasteiger partial charge in [0.25, 0.3) is 0 Å². The minimum Gasteiger partial charge on any atom is -0.350 e. The van der Waals surface area contributed by atoms with Crippen LogP contribution in [0.3, 0.4) is 0 Å². The number of sulfonamides is 1. The smallest absolute Gasteiger partial charge is 0.211 e. The summed E-state index contributed by atoms with van der Waals surface area (Å²) in [5, 5.41) is 0. The van der Waals surface area contributed by atoms with Gasteiger partial charge in [0.15, 0.2) is 5.72 Å². The molecule has 6 heteroatoms. The van der Waals surface area contributed by atoms with Gasteiger partial charge < -0.3 is 10.5 Å². The number of nitrogens with two attached hydrogens (primary N) is 1. The summed E-state index contributed by atoms with van der Waals surface area (Å²) in [6.45, 7) is 6.36. The average Bonchev–Trinajstić information content (AvgIpc) is 2.23. The van der Waals surface area contributed by atoms with Gasteiger partial charge >= 0.3 is 0 Å². The Hall–Kier alpha value is -0.690. The van der Waals surface area contributed by atoms with Crippen LogP contribution >= 0.6 is 0 Å². The predicted molar refractivity (Wildman–Crippen MR) is 81.7 cm³/mol. The quantitative estimate of drug-likeness (QED) is 0.731. The number of nitrogens with one attached hydrogen (secondary N) is 1. The van der Waals surface area contributed by atoms with Gasteiger partial charge in [-0.3, -0.25) is 0 Å². The zero-order valence-electron chi connectivity index (χ0n) is 12.8. The van der Waals surface area contributed by atoms with E-state index in [2.05, 4.69) is 4.72 Å². The van der Waals surface area contributed by atoms with Crippen molar-refractivity contribution >= 4 is 10.0 Å². The van der Waals surface area contributed by atoms with Crippen LogP contribution in [0.25, 0.3) is 0 Å². The van der Waals surface area contributed by atoms with E-state index in [0.717, 1.165) is 19.1 Å². The molecule has 0 radical (unpaired) electrons. The van der Waals surface area contributed by atoms with Crippen molar-refractivity contribution in [1.29, 1.82) is 0 Å². The Morgan fingerprint density at radius 2 is 2.10 bits per heavy atom. The third-order valence-corrected chi connectivity index (χ3v) is 3.47. The summed E-state index contributed by atoms with van der Waals surface area (Å²) < 4.78 is 31.7. The molecule has 0 aliphatic heterocycles. The zero-order chi connectivity index (χ0) is 15.4. The van der Waals surface area contributed by atoms with Crippen molar-refractivity contribution in [2.75, 3.05) is 12.8 Å². The van der Waals surface area contributed by atoms with Crippen molar-refractivity contribution in [1.82, 2.24) is 4.72 Å². The summed E-state index contributed by atoms with van der Waals surface area (Å²) in [5.41, 5.74) is 5.21.